The summed E-state index contributed by atoms with van der Waals surface area (Å²) >= 11 is 0. The highest BCUT2D eigenvalue weighted by Crippen LogP contribution is 2.07. The summed E-state index contributed by atoms with van der Waals surface area (Å²) in [7, 11) is 0. The second-order valence-corrected chi connectivity index (χ2v) is 5.48. The van der Waals surface area contributed by atoms with Crippen LogP contribution in [0.5, 0.6) is 0 Å². The van der Waals surface area contributed by atoms with Crippen LogP contribution in [0.3, 0.4) is 0 Å². The summed E-state index contributed by atoms with van der Waals surface area (Å²) in [5, 5.41) is 0. The number of hydrogen-bond acceptors (Lipinski definition) is 3. The van der Waals surface area contributed by atoms with Crippen LogP contribution in [0, 0.1) is 5.82 Å². The van der Waals surface area contributed by atoms with Crippen molar-refractivity contribution >= 4 is 11.7 Å². The molecule has 1 aliphatic heterocycles. The van der Waals surface area contributed by atoms with Crippen LogP contribution in [-0.4, -0.2) is 54.2 Å². The third-order valence-electron chi connectivity index (χ3n) is 3.75. The van der Waals surface area contributed by atoms with Crippen LogP contribution in [0.2, 0.25) is 0 Å². The Labute approximate surface area is 124 Å². The molecule has 0 N–H and O–H groups in total. The van der Waals surface area contributed by atoms with Crippen LogP contribution in [0.4, 0.5) is 4.39 Å². The first-order valence-corrected chi connectivity index (χ1v) is 7.28. The highest BCUT2D eigenvalue weighted by Gasteiger charge is 2.18. The SMILES string of the molecule is CC(=O)N1CCCN(CC(=O)Cc2ccc(F)cc2)CC1. The molecule has 2 rings (SSSR count). The Bertz CT molecular complexity index is 502. The number of halogens is 1. The van der Waals surface area contributed by atoms with E-state index in [4.69, 9.17) is 0 Å². The molecule has 1 amide bonds. The van der Waals surface area contributed by atoms with Crippen LogP contribution >= 0.6 is 0 Å². The number of amides is 1. The Balaban J connectivity index is 1.82. The number of ketones is 1. The Morgan fingerprint density at radius 2 is 1.81 bits per heavy atom. The molecule has 0 spiro atoms. The van der Waals surface area contributed by atoms with Crippen LogP contribution in [0.25, 0.3) is 0 Å². The molecule has 1 saturated heterocycles. The van der Waals surface area contributed by atoms with Gasteiger partial charge < -0.3 is 4.90 Å². The average molecular weight is 292 g/mol. The van der Waals surface area contributed by atoms with E-state index in [2.05, 4.69) is 4.90 Å². The average Bonchev–Trinajstić information content (AvgIpc) is 2.67. The van der Waals surface area contributed by atoms with Crippen molar-refractivity contribution in [1.82, 2.24) is 9.80 Å². The van der Waals surface area contributed by atoms with Crippen molar-refractivity contribution < 1.29 is 14.0 Å². The van der Waals surface area contributed by atoms with E-state index in [0.717, 1.165) is 31.6 Å². The molecule has 0 aromatic heterocycles. The van der Waals surface area contributed by atoms with Crippen molar-refractivity contribution in [3.05, 3.63) is 35.6 Å². The molecule has 1 aliphatic rings. The zero-order chi connectivity index (χ0) is 15.2. The third kappa shape index (κ3) is 4.93. The number of benzene rings is 1. The topological polar surface area (TPSA) is 40.6 Å². The van der Waals surface area contributed by atoms with Crippen molar-refractivity contribution in [2.24, 2.45) is 0 Å². The van der Waals surface area contributed by atoms with Crippen molar-refractivity contribution in [1.29, 1.82) is 0 Å². The van der Waals surface area contributed by atoms with Gasteiger partial charge in [0, 0.05) is 39.5 Å². The number of hydrogen-bond donors (Lipinski definition) is 0. The van der Waals surface area contributed by atoms with Gasteiger partial charge >= 0.3 is 0 Å². The number of nitrogens with zero attached hydrogens (tertiary/aromatic N) is 2. The van der Waals surface area contributed by atoms with Gasteiger partial charge in [0.2, 0.25) is 5.91 Å². The van der Waals surface area contributed by atoms with E-state index < -0.39 is 0 Å². The molecule has 0 bridgehead atoms. The zero-order valence-electron chi connectivity index (χ0n) is 12.3. The molecular weight excluding hydrogens is 271 g/mol. The van der Waals surface area contributed by atoms with Crippen LogP contribution < -0.4 is 0 Å². The molecule has 1 heterocycles. The second kappa shape index (κ2) is 7.31. The molecule has 21 heavy (non-hydrogen) atoms. The lowest BCUT2D eigenvalue weighted by molar-refractivity contribution is -0.128. The van der Waals surface area contributed by atoms with Gasteiger partial charge in [-0.25, -0.2) is 4.39 Å². The van der Waals surface area contributed by atoms with Crippen LogP contribution in [0.15, 0.2) is 24.3 Å². The van der Waals surface area contributed by atoms with Gasteiger partial charge in [0.25, 0.3) is 0 Å². The first-order chi connectivity index (χ1) is 10.0. The van der Waals surface area contributed by atoms with Crippen LogP contribution in [-0.2, 0) is 16.0 Å². The Morgan fingerprint density at radius 1 is 1.10 bits per heavy atom. The molecule has 0 unspecified atom stereocenters. The lowest BCUT2D eigenvalue weighted by atomic mass is 10.1. The van der Waals surface area contributed by atoms with Gasteiger partial charge in [0.15, 0.2) is 5.78 Å². The molecule has 5 heteroatoms. The molecule has 0 saturated carbocycles. The van der Waals surface area contributed by atoms with E-state index >= 15 is 0 Å². The third-order valence-corrected chi connectivity index (χ3v) is 3.75. The molecule has 1 aromatic rings. The normalized spacial score (nSPS) is 16.6. The molecule has 1 aromatic carbocycles. The lowest BCUT2D eigenvalue weighted by Crippen LogP contribution is -2.36. The minimum Gasteiger partial charge on any atom is -0.342 e. The standard InChI is InChI=1S/C16H21FN2O2/c1-13(20)19-8-2-7-18(9-10-19)12-16(21)11-14-3-5-15(17)6-4-14/h3-6H,2,7-12H2,1H3. The summed E-state index contributed by atoms with van der Waals surface area (Å²) in [6.07, 6.45) is 1.22. The molecule has 114 valence electrons. The van der Waals surface area contributed by atoms with Gasteiger partial charge in [-0.1, -0.05) is 12.1 Å². The second-order valence-electron chi connectivity index (χ2n) is 5.48. The monoisotopic (exact) mass is 292 g/mol. The quantitative estimate of drug-likeness (QED) is 0.844. The fourth-order valence-corrected chi connectivity index (χ4v) is 2.58. The minimum absolute atomic E-state index is 0.0921. The molecule has 1 fully saturated rings. The highest BCUT2D eigenvalue weighted by atomic mass is 19.1. The summed E-state index contributed by atoms with van der Waals surface area (Å²) in [5.74, 6) is -0.0737. The minimum atomic E-state index is -0.289. The van der Waals surface area contributed by atoms with E-state index in [1.165, 1.54) is 12.1 Å². The maximum Gasteiger partial charge on any atom is 0.219 e. The Kier molecular flexibility index (Phi) is 5.44. The van der Waals surface area contributed by atoms with Crippen molar-refractivity contribution in [2.45, 2.75) is 19.8 Å². The smallest absolute Gasteiger partial charge is 0.219 e. The van der Waals surface area contributed by atoms with Crippen molar-refractivity contribution in [3.8, 4) is 0 Å². The van der Waals surface area contributed by atoms with E-state index in [9.17, 15) is 14.0 Å². The first kappa shape index (κ1) is 15.6. The van der Waals surface area contributed by atoms with Crippen molar-refractivity contribution in [2.75, 3.05) is 32.7 Å². The zero-order valence-corrected chi connectivity index (χ0v) is 12.3. The maximum absolute atomic E-state index is 12.8. The number of Topliss-reactive ketones (excluding diaryl/α,β-unsaturated/α-hetero) is 1. The summed E-state index contributed by atoms with van der Waals surface area (Å²) in [5.41, 5.74) is 0.835. The van der Waals surface area contributed by atoms with E-state index in [-0.39, 0.29) is 17.5 Å². The lowest BCUT2D eigenvalue weighted by Gasteiger charge is -2.20. The van der Waals surface area contributed by atoms with E-state index in [1.54, 1.807) is 19.1 Å². The Morgan fingerprint density at radius 3 is 2.48 bits per heavy atom. The van der Waals surface area contributed by atoms with Gasteiger partial charge in [-0.3, -0.25) is 14.5 Å². The summed E-state index contributed by atoms with van der Waals surface area (Å²) in [4.78, 5) is 27.4. The molecule has 4 nitrogen and oxygen atoms in total. The molecule has 0 radical (unpaired) electrons. The van der Waals surface area contributed by atoms with Gasteiger partial charge in [0.05, 0.1) is 6.54 Å². The summed E-state index contributed by atoms with van der Waals surface area (Å²) in [6.45, 7) is 4.98. The molecular formula is C16H21FN2O2. The predicted octanol–water partition coefficient (Wildman–Crippen LogP) is 1.49. The summed E-state index contributed by atoms with van der Waals surface area (Å²) < 4.78 is 12.8. The fraction of sp³-hybridized carbons (Fsp3) is 0.500. The van der Waals surface area contributed by atoms with Gasteiger partial charge in [-0.15, -0.1) is 0 Å². The highest BCUT2D eigenvalue weighted by molar-refractivity contribution is 5.82. The van der Waals surface area contributed by atoms with E-state index in [1.807, 2.05) is 4.90 Å². The number of rotatable bonds is 4. The fourth-order valence-electron chi connectivity index (χ4n) is 2.58. The molecule has 0 aliphatic carbocycles. The number of carbonyl (C=O) groups excluding carboxylic acids is 2. The van der Waals surface area contributed by atoms with Crippen molar-refractivity contribution in [3.63, 3.8) is 0 Å². The molecule has 0 atom stereocenters. The summed E-state index contributed by atoms with van der Waals surface area (Å²) in [6, 6.07) is 6.04. The van der Waals surface area contributed by atoms with E-state index in [0.29, 0.717) is 19.5 Å². The Hall–Kier alpha value is -1.75. The predicted molar refractivity (Wildman–Crippen MR) is 78.4 cm³/mol. The maximum atomic E-state index is 12.8. The van der Waals surface area contributed by atoms with Gasteiger partial charge in [-0.2, -0.15) is 0 Å². The largest absolute Gasteiger partial charge is 0.342 e. The van der Waals surface area contributed by atoms with Crippen LogP contribution in [0.1, 0.15) is 18.9 Å². The van der Waals surface area contributed by atoms with Gasteiger partial charge in [0.1, 0.15) is 5.82 Å². The number of carbonyl (C=O) groups is 2. The van der Waals surface area contributed by atoms with Gasteiger partial charge in [-0.05, 0) is 24.1 Å². The first-order valence-electron chi connectivity index (χ1n) is 7.28.